The first-order valence-electron chi connectivity index (χ1n) is 13.9. The Hall–Kier alpha value is -2.43. The third-order valence-electron chi connectivity index (χ3n) is 8.74. The van der Waals surface area contributed by atoms with E-state index in [0.717, 1.165) is 37.1 Å². The van der Waals surface area contributed by atoms with Gasteiger partial charge in [0.05, 0.1) is 12.5 Å². The smallest absolute Gasteiger partial charge is 0.291 e. The highest BCUT2D eigenvalue weighted by Gasteiger charge is 2.52. The SMILES string of the molecule is CCC(CC)[C@H](NC(=O)C1CC1)C(=O)N1C[C@@H]2CCC[C@@H]2[C@H]1C(=O)NN(C[C@@H]1CCNC1=O)C(=O)[C@H](F)Cl. The summed E-state index contributed by atoms with van der Waals surface area (Å²) in [5.74, 6) is -3.20. The molecule has 10 nitrogen and oxygen atoms in total. The Balaban J connectivity index is 1.56. The predicted molar refractivity (Wildman–Crippen MR) is 137 cm³/mol. The highest BCUT2D eigenvalue weighted by Crippen LogP contribution is 2.43. The predicted octanol–water partition coefficient (Wildman–Crippen LogP) is 1.47. The molecule has 3 N–H and O–H groups in total. The van der Waals surface area contributed by atoms with Crippen LogP contribution in [0.25, 0.3) is 0 Å². The second kappa shape index (κ2) is 12.2. The van der Waals surface area contributed by atoms with E-state index in [1.807, 2.05) is 13.8 Å². The molecule has 12 heteroatoms. The number of carbonyl (C=O) groups excluding carboxylic acids is 5. The van der Waals surface area contributed by atoms with Crippen molar-refractivity contribution in [3.63, 3.8) is 0 Å². The van der Waals surface area contributed by atoms with Gasteiger partial charge < -0.3 is 15.5 Å². The summed E-state index contributed by atoms with van der Waals surface area (Å²) in [4.78, 5) is 66.6. The van der Waals surface area contributed by atoms with E-state index in [2.05, 4.69) is 16.1 Å². The number of fused-ring (bicyclic) bond motifs is 1. The van der Waals surface area contributed by atoms with E-state index < -0.39 is 35.4 Å². The lowest BCUT2D eigenvalue weighted by Gasteiger charge is -2.35. The van der Waals surface area contributed by atoms with Crippen LogP contribution < -0.4 is 16.1 Å². The number of rotatable bonds is 10. The van der Waals surface area contributed by atoms with Crippen LogP contribution in [0.15, 0.2) is 0 Å². The fraction of sp³-hybridized carbons (Fsp3) is 0.808. The van der Waals surface area contributed by atoms with Crippen LogP contribution in [0.2, 0.25) is 0 Å². The van der Waals surface area contributed by atoms with Crippen LogP contribution in [0.5, 0.6) is 0 Å². The second-order valence-corrected chi connectivity index (χ2v) is 11.5. The van der Waals surface area contributed by atoms with Crippen LogP contribution in [0, 0.1) is 29.6 Å². The molecule has 0 aromatic rings. The minimum Gasteiger partial charge on any atom is -0.356 e. The third kappa shape index (κ3) is 6.07. The number of hydrazine groups is 1. The first-order chi connectivity index (χ1) is 18.2. The second-order valence-electron chi connectivity index (χ2n) is 11.1. The molecule has 6 atom stereocenters. The maximum absolute atomic E-state index is 14.0. The highest BCUT2D eigenvalue weighted by atomic mass is 35.5. The molecule has 2 aliphatic carbocycles. The normalized spacial score (nSPS) is 28.0. The Morgan fingerprint density at radius 2 is 1.82 bits per heavy atom. The zero-order valence-electron chi connectivity index (χ0n) is 22.1. The molecule has 0 radical (unpaired) electrons. The van der Waals surface area contributed by atoms with Gasteiger partial charge in [0.2, 0.25) is 17.7 Å². The molecule has 0 aromatic heterocycles. The van der Waals surface area contributed by atoms with Crippen molar-refractivity contribution in [2.75, 3.05) is 19.6 Å². The molecule has 2 heterocycles. The first kappa shape index (κ1) is 28.6. The fourth-order valence-corrected chi connectivity index (χ4v) is 6.47. The number of halogens is 2. The fourth-order valence-electron chi connectivity index (χ4n) is 6.35. The van der Waals surface area contributed by atoms with Crippen LogP contribution in [0.3, 0.4) is 0 Å². The summed E-state index contributed by atoms with van der Waals surface area (Å²) in [6.45, 7) is 4.55. The van der Waals surface area contributed by atoms with Gasteiger partial charge in [-0.1, -0.05) is 44.7 Å². The van der Waals surface area contributed by atoms with Crippen molar-refractivity contribution in [3.8, 4) is 0 Å². The number of likely N-dealkylation sites (tertiary alicyclic amines) is 1. The Kier molecular flexibility index (Phi) is 9.15. The molecule has 4 rings (SSSR count). The molecular weight excluding hydrogens is 517 g/mol. The summed E-state index contributed by atoms with van der Waals surface area (Å²) in [6, 6.07) is -1.61. The van der Waals surface area contributed by atoms with Crippen LogP contribution in [-0.4, -0.2) is 76.8 Å². The summed E-state index contributed by atoms with van der Waals surface area (Å²) in [6.07, 6.45) is 5.99. The number of nitrogens with one attached hydrogen (secondary N) is 3. The van der Waals surface area contributed by atoms with Gasteiger partial charge in [-0.2, -0.15) is 0 Å². The molecule has 0 bridgehead atoms. The molecular formula is C26H39ClFN5O5. The molecule has 2 saturated heterocycles. The van der Waals surface area contributed by atoms with Gasteiger partial charge in [-0.25, -0.2) is 9.40 Å². The van der Waals surface area contributed by atoms with Crippen molar-refractivity contribution in [1.29, 1.82) is 0 Å². The maximum atomic E-state index is 14.0. The summed E-state index contributed by atoms with van der Waals surface area (Å²) in [5.41, 5.74) is 0.118. The van der Waals surface area contributed by atoms with E-state index in [0.29, 0.717) is 32.4 Å². The average Bonchev–Trinajstić information content (AvgIpc) is 3.36. The first-order valence-corrected chi connectivity index (χ1v) is 14.4. The zero-order chi connectivity index (χ0) is 27.6. The molecule has 5 amide bonds. The minimum atomic E-state index is -2.39. The number of amides is 5. The van der Waals surface area contributed by atoms with Gasteiger partial charge in [-0.3, -0.25) is 29.4 Å². The molecule has 2 saturated carbocycles. The molecule has 0 aromatic carbocycles. The van der Waals surface area contributed by atoms with Crippen molar-refractivity contribution in [2.45, 2.75) is 82.9 Å². The molecule has 212 valence electrons. The molecule has 4 aliphatic rings. The highest BCUT2D eigenvalue weighted by molar-refractivity contribution is 6.29. The quantitative estimate of drug-likeness (QED) is 0.278. The Morgan fingerprint density at radius 1 is 1.11 bits per heavy atom. The Labute approximate surface area is 227 Å². The minimum absolute atomic E-state index is 0.0618. The Morgan fingerprint density at radius 3 is 2.39 bits per heavy atom. The monoisotopic (exact) mass is 555 g/mol. The van der Waals surface area contributed by atoms with Gasteiger partial charge in [-0.05, 0) is 49.9 Å². The topological polar surface area (TPSA) is 128 Å². The van der Waals surface area contributed by atoms with Gasteiger partial charge in [-0.15, -0.1) is 0 Å². The lowest BCUT2D eigenvalue weighted by molar-refractivity contribution is -0.150. The van der Waals surface area contributed by atoms with Crippen molar-refractivity contribution < 1.29 is 28.4 Å². The van der Waals surface area contributed by atoms with Crippen molar-refractivity contribution in [3.05, 3.63) is 0 Å². The van der Waals surface area contributed by atoms with Crippen molar-refractivity contribution in [1.82, 2.24) is 26.0 Å². The number of alkyl halides is 2. The number of carbonyl (C=O) groups is 5. The van der Waals surface area contributed by atoms with E-state index in [1.54, 1.807) is 4.90 Å². The van der Waals surface area contributed by atoms with Gasteiger partial charge in [0.1, 0.15) is 12.1 Å². The summed E-state index contributed by atoms with van der Waals surface area (Å²) >= 11 is 5.43. The van der Waals surface area contributed by atoms with E-state index in [4.69, 9.17) is 11.6 Å². The van der Waals surface area contributed by atoms with Crippen LogP contribution in [-0.2, 0) is 24.0 Å². The van der Waals surface area contributed by atoms with Crippen molar-refractivity contribution in [2.24, 2.45) is 29.6 Å². The van der Waals surface area contributed by atoms with Crippen LogP contribution in [0.4, 0.5) is 4.39 Å². The van der Waals surface area contributed by atoms with Gasteiger partial charge >= 0.3 is 0 Å². The molecule has 0 spiro atoms. The van der Waals surface area contributed by atoms with Crippen molar-refractivity contribution >= 4 is 41.1 Å². The number of nitrogens with zero attached hydrogens (tertiary/aromatic N) is 2. The molecule has 38 heavy (non-hydrogen) atoms. The largest absolute Gasteiger partial charge is 0.356 e. The summed E-state index contributed by atoms with van der Waals surface area (Å²) in [7, 11) is 0. The van der Waals surface area contributed by atoms with Gasteiger partial charge in [0.25, 0.3) is 17.4 Å². The lowest BCUT2D eigenvalue weighted by atomic mass is 9.91. The van der Waals surface area contributed by atoms with E-state index >= 15 is 0 Å². The summed E-state index contributed by atoms with van der Waals surface area (Å²) in [5, 5.41) is 6.42. The number of hydrogen-bond acceptors (Lipinski definition) is 5. The lowest BCUT2D eigenvalue weighted by Crippen LogP contribution is -2.60. The zero-order valence-corrected chi connectivity index (χ0v) is 22.8. The molecule has 2 aliphatic heterocycles. The summed E-state index contributed by atoms with van der Waals surface area (Å²) < 4.78 is 13.8. The third-order valence-corrected chi connectivity index (χ3v) is 8.92. The van der Waals surface area contributed by atoms with E-state index in [9.17, 15) is 28.4 Å². The molecule has 4 fully saturated rings. The Bertz CT molecular complexity index is 943. The van der Waals surface area contributed by atoms with E-state index in [-0.39, 0.29) is 47.9 Å². The van der Waals surface area contributed by atoms with Gasteiger partial charge in [0, 0.05) is 19.0 Å². The van der Waals surface area contributed by atoms with E-state index in [1.165, 1.54) is 0 Å². The molecule has 0 unspecified atom stereocenters. The van der Waals surface area contributed by atoms with Crippen LogP contribution in [0.1, 0.15) is 65.2 Å². The number of hydrogen-bond donors (Lipinski definition) is 3. The van der Waals surface area contributed by atoms with Crippen LogP contribution >= 0.6 is 11.6 Å². The standard InChI is InChI=1S/C26H39ClFN5O5/c1-3-14(4-2)19(30-23(35)15-8-9-15)25(37)32-12-16-6-5-7-18(16)20(32)24(36)31-33(26(38)21(27)28)13-17-10-11-29-22(17)34/h14-21H,3-13H2,1-2H3,(H,29,34)(H,30,35)(H,31,36)/t16-,17-,18-,19-,20-,21-/m0/s1. The maximum Gasteiger partial charge on any atom is 0.291 e. The average molecular weight is 556 g/mol. The van der Waals surface area contributed by atoms with Gasteiger partial charge in [0.15, 0.2) is 0 Å².